The van der Waals surface area contributed by atoms with Crippen molar-refractivity contribution in [2.45, 2.75) is 6.92 Å². The minimum absolute atomic E-state index is 0.131. The molecule has 0 aliphatic carbocycles. The molecular weight excluding hydrogens is 195 g/mol. The first-order valence-corrected chi connectivity index (χ1v) is 4.43. The summed E-state index contributed by atoms with van der Waals surface area (Å²) in [5.74, 6) is -0.891. The zero-order valence-corrected chi connectivity index (χ0v) is 8.11. The highest BCUT2D eigenvalue weighted by Gasteiger charge is 2.07. The van der Waals surface area contributed by atoms with Gasteiger partial charge < -0.3 is 5.11 Å². The number of carbonyl (C=O) groups is 1. The molecule has 6 heteroatoms. The molecular formula is C7H12O5P+. The Labute approximate surface area is 77.3 Å². The van der Waals surface area contributed by atoms with Crippen molar-refractivity contribution in [2.75, 3.05) is 6.61 Å². The lowest BCUT2D eigenvalue weighted by atomic mass is 10.5. The maximum atomic E-state index is 9.64. The average Bonchev–Trinajstić information content (AvgIpc) is 2.01. The highest BCUT2D eigenvalue weighted by molar-refractivity contribution is 7.32. The van der Waals surface area contributed by atoms with Crippen LogP contribution in [0.5, 0.6) is 0 Å². The topological polar surface area (TPSA) is 83.8 Å². The van der Waals surface area contributed by atoms with E-state index in [0.717, 1.165) is 6.08 Å². The summed E-state index contributed by atoms with van der Waals surface area (Å²) in [5.41, 5.74) is 0. The van der Waals surface area contributed by atoms with Crippen molar-refractivity contribution in [3.63, 3.8) is 0 Å². The van der Waals surface area contributed by atoms with E-state index < -0.39 is 14.2 Å². The Bertz CT molecular complexity index is 199. The van der Waals surface area contributed by atoms with Crippen LogP contribution in [0.3, 0.4) is 0 Å². The van der Waals surface area contributed by atoms with Gasteiger partial charge in [0.25, 0.3) is 0 Å². The smallest absolute Gasteiger partial charge is 0.478 e. The molecule has 0 bridgehead atoms. The number of aliphatic carboxylic acids is 1. The summed E-state index contributed by atoms with van der Waals surface area (Å²) in [6.45, 7) is 5.06. The van der Waals surface area contributed by atoms with Gasteiger partial charge in [-0.1, -0.05) is 12.2 Å². The summed E-state index contributed by atoms with van der Waals surface area (Å²) in [4.78, 5) is 17.4. The van der Waals surface area contributed by atoms with Gasteiger partial charge in [-0.05, 0) is 6.92 Å². The Balaban J connectivity index is 0. The monoisotopic (exact) mass is 207 g/mol. The summed E-state index contributed by atoms with van der Waals surface area (Å²) in [7, 11) is -2.43. The van der Waals surface area contributed by atoms with Gasteiger partial charge in [0.15, 0.2) is 0 Å². The Hall–Kier alpha value is -1.03. The van der Waals surface area contributed by atoms with Gasteiger partial charge in [-0.25, -0.2) is 4.79 Å². The van der Waals surface area contributed by atoms with Crippen LogP contribution in [0.25, 0.3) is 0 Å². The predicted octanol–water partition coefficient (Wildman–Crippen LogP) is 1.49. The molecule has 0 heterocycles. The van der Waals surface area contributed by atoms with Crippen molar-refractivity contribution < 1.29 is 23.9 Å². The molecule has 0 aromatic rings. The van der Waals surface area contributed by atoms with Gasteiger partial charge in [-0.3, -0.25) is 0 Å². The molecule has 5 nitrogen and oxygen atoms in total. The van der Waals surface area contributed by atoms with Crippen LogP contribution in [-0.2, 0) is 13.9 Å². The average molecular weight is 207 g/mol. The number of hydrogen-bond donors (Lipinski definition) is 2. The Morgan fingerprint density at radius 1 is 1.69 bits per heavy atom. The zero-order chi connectivity index (χ0) is 10.7. The minimum atomic E-state index is -2.43. The van der Waals surface area contributed by atoms with Crippen LogP contribution in [0.1, 0.15) is 6.92 Å². The van der Waals surface area contributed by atoms with E-state index in [-0.39, 0.29) is 6.61 Å². The second kappa shape index (κ2) is 11.0. The van der Waals surface area contributed by atoms with Crippen molar-refractivity contribution >= 4 is 14.2 Å². The number of carboxylic acid groups (broad SMARTS) is 1. The second-order valence-corrected chi connectivity index (χ2v) is 2.39. The summed E-state index contributed by atoms with van der Waals surface area (Å²) in [6.07, 6.45) is 3.96. The normalized spacial score (nSPS) is 10.2. The van der Waals surface area contributed by atoms with E-state index in [4.69, 9.17) is 10.00 Å². The Morgan fingerprint density at radius 2 is 2.23 bits per heavy atom. The lowest BCUT2D eigenvalue weighted by Gasteiger charge is -1.71. The van der Waals surface area contributed by atoms with Gasteiger partial charge in [0.2, 0.25) is 0 Å². The first-order valence-electron chi connectivity index (χ1n) is 3.30. The van der Waals surface area contributed by atoms with Gasteiger partial charge in [0.05, 0.1) is 0 Å². The molecule has 0 radical (unpaired) electrons. The van der Waals surface area contributed by atoms with Crippen molar-refractivity contribution in [3.05, 3.63) is 24.8 Å². The number of rotatable bonds is 4. The van der Waals surface area contributed by atoms with E-state index in [1.54, 1.807) is 6.92 Å². The zero-order valence-electron chi connectivity index (χ0n) is 7.21. The molecule has 1 atom stereocenters. The third-order valence-corrected chi connectivity index (χ3v) is 0.982. The quantitative estimate of drug-likeness (QED) is 0.414. The minimum Gasteiger partial charge on any atom is -0.478 e. The molecule has 0 amide bonds. The molecule has 0 spiro atoms. The molecule has 0 saturated carbocycles. The summed E-state index contributed by atoms with van der Waals surface area (Å²) in [5, 5.41) is 7.83. The maximum Gasteiger partial charge on any atom is 0.695 e. The van der Waals surface area contributed by atoms with E-state index in [0.29, 0.717) is 0 Å². The fraction of sp³-hybridized carbons (Fsp3) is 0.286. The van der Waals surface area contributed by atoms with Crippen molar-refractivity contribution in [3.8, 4) is 0 Å². The van der Waals surface area contributed by atoms with Crippen molar-refractivity contribution in [1.82, 2.24) is 0 Å². The molecule has 0 aromatic heterocycles. The van der Waals surface area contributed by atoms with E-state index in [1.165, 1.54) is 12.2 Å². The molecule has 0 saturated heterocycles. The predicted molar refractivity (Wildman–Crippen MR) is 48.4 cm³/mol. The summed E-state index contributed by atoms with van der Waals surface area (Å²) in [6, 6.07) is 0. The first kappa shape index (κ1) is 14.5. The second-order valence-electron chi connectivity index (χ2n) is 1.66. The molecule has 13 heavy (non-hydrogen) atoms. The van der Waals surface area contributed by atoms with Crippen LogP contribution in [0, 0.1) is 0 Å². The van der Waals surface area contributed by atoms with Gasteiger partial charge in [-0.15, -0.1) is 16.0 Å². The van der Waals surface area contributed by atoms with E-state index in [2.05, 4.69) is 11.1 Å². The van der Waals surface area contributed by atoms with E-state index >= 15 is 0 Å². The molecule has 0 fully saturated rings. The van der Waals surface area contributed by atoms with Crippen molar-refractivity contribution in [2.24, 2.45) is 0 Å². The molecule has 0 rings (SSSR count). The number of carboxylic acids is 1. The van der Waals surface area contributed by atoms with Crippen LogP contribution < -0.4 is 0 Å². The molecule has 0 aromatic carbocycles. The van der Waals surface area contributed by atoms with Gasteiger partial charge in [0, 0.05) is 10.6 Å². The van der Waals surface area contributed by atoms with Gasteiger partial charge >= 0.3 is 14.2 Å². The lowest BCUT2D eigenvalue weighted by molar-refractivity contribution is -0.131. The summed E-state index contributed by atoms with van der Waals surface area (Å²) >= 11 is 0. The number of hydrogen-bond acceptors (Lipinski definition) is 3. The molecule has 1 unspecified atom stereocenters. The third kappa shape index (κ3) is 24.8. The van der Waals surface area contributed by atoms with Crippen LogP contribution in [0.15, 0.2) is 24.8 Å². The first-order chi connectivity index (χ1) is 6.04. The van der Waals surface area contributed by atoms with Gasteiger partial charge in [-0.2, -0.15) is 0 Å². The SMILES string of the molecule is C/C=C/C(=O)O.C=CCO[P+](=O)O. The van der Waals surface area contributed by atoms with Crippen LogP contribution in [0.4, 0.5) is 0 Å². The lowest BCUT2D eigenvalue weighted by Crippen LogP contribution is -1.83. The standard InChI is InChI=1S/C4H6O2.C3H5O3P/c1-2-3-4(5)6;1-2-3-6-7(4)5/h2-3H,1H3,(H,5,6);2H,1,3H2/p+1/b3-2+;. The fourth-order valence-corrected chi connectivity index (χ4v) is 0.492. The Morgan fingerprint density at radius 3 is 2.31 bits per heavy atom. The highest BCUT2D eigenvalue weighted by Crippen LogP contribution is 2.12. The van der Waals surface area contributed by atoms with Gasteiger partial charge in [0.1, 0.15) is 6.61 Å². The summed E-state index contributed by atoms with van der Waals surface area (Å²) < 4.78 is 13.8. The third-order valence-electron chi connectivity index (χ3n) is 0.612. The fourth-order valence-electron chi connectivity index (χ4n) is 0.259. The largest absolute Gasteiger partial charge is 0.695 e. The molecule has 0 aliphatic rings. The maximum absolute atomic E-state index is 9.64. The van der Waals surface area contributed by atoms with E-state index in [9.17, 15) is 9.36 Å². The number of allylic oxidation sites excluding steroid dienone is 1. The molecule has 0 aliphatic heterocycles. The van der Waals surface area contributed by atoms with E-state index in [1.807, 2.05) is 0 Å². The molecule has 2 N–H and O–H groups in total. The van der Waals surface area contributed by atoms with Crippen LogP contribution in [-0.4, -0.2) is 22.6 Å². The Kier molecular flexibility index (Phi) is 12.2. The van der Waals surface area contributed by atoms with Crippen LogP contribution in [0.2, 0.25) is 0 Å². The van der Waals surface area contributed by atoms with Crippen molar-refractivity contribution in [1.29, 1.82) is 0 Å². The highest BCUT2D eigenvalue weighted by atomic mass is 31.1. The molecule has 74 valence electrons. The van der Waals surface area contributed by atoms with Crippen LogP contribution >= 0.6 is 8.25 Å².